The number of hydrogen-bond donors (Lipinski definition) is 8. The zero-order chi connectivity index (χ0) is 29.2. The predicted octanol–water partition coefficient (Wildman–Crippen LogP) is -1.31. The highest BCUT2D eigenvalue weighted by molar-refractivity contribution is 5.95. The molecule has 2 aromatic carbocycles. The van der Waals surface area contributed by atoms with Gasteiger partial charge >= 0.3 is 5.97 Å². The molecule has 0 aliphatic heterocycles. The molecule has 0 spiro atoms. The highest BCUT2D eigenvalue weighted by atomic mass is 16.4. The Labute approximate surface area is 229 Å². The maximum Gasteiger partial charge on any atom is 0.328 e. The van der Waals surface area contributed by atoms with E-state index < -0.39 is 66.8 Å². The first-order valence-electron chi connectivity index (χ1n) is 12.5. The largest absolute Gasteiger partial charge is 0.480 e. The fourth-order valence-electron chi connectivity index (χ4n) is 4.11. The van der Waals surface area contributed by atoms with Crippen LogP contribution in [0.2, 0.25) is 0 Å². The molecule has 0 aliphatic carbocycles. The number of fused-ring (bicyclic) bond motifs is 1. The Morgan fingerprint density at radius 1 is 0.800 bits per heavy atom. The molecule has 1 heterocycles. The lowest BCUT2D eigenvalue weighted by Gasteiger charge is -2.25. The van der Waals surface area contributed by atoms with Gasteiger partial charge in [-0.15, -0.1) is 0 Å². The average Bonchev–Trinajstić information content (AvgIpc) is 3.33. The van der Waals surface area contributed by atoms with Crippen molar-refractivity contribution < 1.29 is 34.2 Å². The number of hydrogen-bond acceptors (Lipinski definition) is 7. The van der Waals surface area contributed by atoms with Gasteiger partial charge in [-0.2, -0.15) is 0 Å². The van der Waals surface area contributed by atoms with Gasteiger partial charge in [-0.1, -0.05) is 48.5 Å². The topological polar surface area (TPSA) is 230 Å². The minimum atomic E-state index is -1.60. The van der Waals surface area contributed by atoms with E-state index in [0.29, 0.717) is 11.1 Å². The van der Waals surface area contributed by atoms with Crippen molar-refractivity contribution in [3.63, 3.8) is 0 Å². The first-order valence-corrected chi connectivity index (χ1v) is 12.5. The number of H-pyrrole nitrogens is 1. The van der Waals surface area contributed by atoms with Crippen LogP contribution in [0.1, 0.15) is 17.5 Å². The normalized spacial score (nSPS) is 13.9. The summed E-state index contributed by atoms with van der Waals surface area (Å²) in [4.78, 5) is 65.1. The molecule has 13 nitrogen and oxygen atoms in total. The third kappa shape index (κ3) is 8.12. The molecule has 0 saturated heterocycles. The van der Waals surface area contributed by atoms with Gasteiger partial charge in [0, 0.05) is 29.9 Å². The molecule has 13 heteroatoms. The minimum absolute atomic E-state index is 0.0253. The maximum absolute atomic E-state index is 13.5. The number of aliphatic hydroxyl groups is 1. The fourth-order valence-corrected chi connectivity index (χ4v) is 4.11. The standard InChI is InChI=1S/C27H32N6O7/c28-18(12-23(29)35)24(36)31-20(10-15-6-2-1-3-7-15)25(37)32-21(26(38)33-22(14-34)27(39)40)11-16-13-30-19-9-5-4-8-17(16)19/h1-9,13,18,20-22,30,34H,10-12,14,28H2,(H2,29,35)(H,31,36)(H,32,37)(H,33,38)(H,39,40). The van der Waals surface area contributed by atoms with Crippen molar-refractivity contribution in [1.82, 2.24) is 20.9 Å². The third-order valence-electron chi connectivity index (χ3n) is 6.20. The van der Waals surface area contributed by atoms with Crippen LogP contribution in [-0.4, -0.2) is 75.6 Å². The zero-order valence-corrected chi connectivity index (χ0v) is 21.5. The summed E-state index contributed by atoms with van der Waals surface area (Å²) < 4.78 is 0. The van der Waals surface area contributed by atoms with E-state index in [1.807, 2.05) is 18.2 Å². The van der Waals surface area contributed by atoms with Crippen LogP contribution in [0.15, 0.2) is 60.8 Å². The van der Waals surface area contributed by atoms with Gasteiger partial charge in [-0.05, 0) is 17.2 Å². The second-order valence-corrected chi connectivity index (χ2v) is 9.23. The van der Waals surface area contributed by atoms with Gasteiger partial charge in [-0.25, -0.2) is 4.79 Å². The summed E-state index contributed by atoms with van der Waals surface area (Å²) in [6.07, 6.45) is 1.23. The van der Waals surface area contributed by atoms with E-state index in [1.54, 1.807) is 42.6 Å². The van der Waals surface area contributed by atoms with E-state index in [4.69, 9.17) is 11.5 Å². The van der Waals surface area contributed by atoms with Crippen molar-refractivity contribution in [3.8, 4) is 0 Å². The maximum atomic E-state index is 13.5. The number of amides is 4. The molecule has 40 heavy (non-hydrogen) atoms. The van der Waals surface area contributed by atoms with Gasteiger partial charge in [-0.3, -0.25) is 19.2 Å². The number of aromatic nitrogens is 1. The van der Waals surface area contributed by atoms with Crippen LogP contribution in [0, 0.1) is 0 Å². The number of para-hydroxylation sites is 1. The molecule has 0 aliphatic rings. The molecule has 4 unspecified atom stereocenters. The fraction of sp³-hybridized carbons (Fsp3) is 0.296. The number of nitrogens with two attached hydrogens (primary N) is 2. The van der Waals surface area contributed by atoms with Crippen LogP contribution in [0.4, 0.5) is 0 Å². The van der Waals surface area contributed by atoms with E-state index in [2.05, 4.69) is 20.9 Å². The van der Waals surface area contributed by atoms with E-state index >= 15 is 0 Å². The summed E-state index contributed by atoms with van der Waals surface area (Å²) in [5.41, 5.74) is 13.0. The summed E-state index contributed by atoms with van der Waals surface area (Å²) in [5.74, 6) is -4.64. The van der Waals surface area contributed by atoms with Crippen molar-refractivity contribution >= 4 is 40.5 Å². The summed E-state index contributed by atoms with van der Waals surface area (Å²) >= 11 is 0. The van der Waals surface area contributed by atoms with Crippen LogP contribution in [0.5, 0.6) is 0 Å². The van der Waals surface area contributed by atoms with Crippen molar-refractivity contribution in [2.45, 2.75) is 43.4 Å². The quantitative estimate of drug-likeness (QED) is 0.119. The van der Waals surface area contributed by atoms with Crippen molar-refractivity contribution in [2.75, 3.05) is 6.61 Å². The Morgan fingerprint density at radius 2 is 1.38 bits per heavy atom. The number of aliphatic carboxylic acids is 1. The zero-order valence-electron chi connectivity index (χ0n) is 21.5. The second-order valence-electron chi connectivity index (χ2n) is 9.23. The number of aromatic amines is 1. The molecule has 0 fully saturated rings. The smallest absolute Gasteiger partial charge is 0.328 e. The Balaban J connectivity index is 1.88. The number of rotatable bonds is 14. The lowest BCUT2D eigenvalue weighted by molar-refractivity contribution is -0.143. The summed E-state index contributed by atoms with van der Waals surface area (Å²) in [6.45, 7) is -0.862. The lowest BCUT2D eigenvalue weighted by atomic mass is 10.0. The third-order valence-corrected chi connectivity index (χ3v) is 6.20. The van der Waals surface area contributed by atoms with Crippen LogP contribution in [-0.2, 0) is 36.8 Å². The number of carbonyl (C=O) groups is 5. The first-order chi connectivity index (χ1) is 19.1. The van der Waals surface area contributed by atoms with Crippen LogP contribution < -0.4 is 27.4 Å². The molecule has 212 valence electrons. The summed E-state index contributed by atoms with van der Waals surface area (Å²) in [6, 6.07) is 10.7. The van der Waals surface area contributed by atoms with Crippen LogP contribution >= 0.6 is 0 Å². The number of benzene rings is 2. The number of carbonyl (C=O) groups excluding carboxylic acids is 4. The summed E-state index contributed by atoms with van der Waals surface area (Å²) in [7, 11) is 0. The average molecular weight is 553 g/mol. The van der Waals surface area contributed by atoms with Gasteiger partial charge in [0.1, 0.15) is 18.1 Å². The highest BCUT2D eigenvalue weighted by Gasteiger charge is 2.31. The molecule has 0 radical (unpaired) electrons. The predicted molar refractivity (Wildman–Crippen MR) is 144 cm³/mol. The molecule has 10 N–H and O–H groups in total. The molecular weight excluding hydrogens is 520 g/mol. The molecule has 4 atom stereocenters. The molecule has 3 aromatic rings. The molecule has 0 bridgehead atoms. The van der Waals surface area contributed by atoms with Crippen molar-refractivity contribution in [3.05, 3.63) is 71.9 Å². The van der Waals surface area contributed by atoms with Gasteiger partial charge in [0.15, 0.2) is 0 Å². The Hall–Kier alpha value is -4.75. The van der Waals surface area contributed by atoms with Crippen LogP contribution in [0.25, 0.3) is 10.9 Å². The minimum Gasteiger partial charge on any atom is -0.480 e. The number of carboxylic acid groups (broad SMARTS) is 1. The van der Waals surface area contributed by atoms with Crippen LogP contribution in [0.3, 0.4) is 0 Å². The Morgan fingerprint density at radius 3 is 2.00 bits per heavy atom. The van der Waals surface area contributed by atoms with Gasteiger partial charge < -0.3 is 42.6 Å². The molecule has 4 amide bonds. The number of primary amides is 1. The first kappa shape index (κ1) is 29.8. The molecule has 1 aromatic heterocycles. The summed E-state index contributed by atoms with van der Waals surface area (Å²) in [5, 5.41) is 26.8. The number of nitrogens with one attached hydrogen (secondary N) is 4. The van der Waals surface area contributed by atoms with Gasteiger partial charge in [0.2, 0.25) is 23.6 Å². The van der Waals surface area contributed by atoms with E-state index in [1.165, 1.54) is 0 Å². The second kappa shape index (κ2) is 13.9. The van der Waals surface area contributed by atoms with E-state index in [0.717, 1.165) is 10.9 Å². The monoisotopic (exact) mass is 552 g/mol. The number of aliphatic hydroxyl groups excluding tert-OH is 1. The Kier molecular flexibility index (Phi) is 10.3. The Bertz CT molecular complexity index is 1360. The van der Waals surface area contributed by atoms with E-state index in [9.17, 15) is 34.2 Å². The molecule has 3 rings (SSSR count). The number of carboxylic acids is 1. The lowest BCUT2D eigenvalue weighted by Crippen LogP contribution is -2.58. The molecular formula is C27H32N6O7. The van der Waals surface area contributed by atoms with E-state index in [-0.39, 0.29) is 12.8 Å². The SMILES string of the molecule is NC(=O)CC(N)C(=O)NC(Cc1ccccc1)C(=O)NC(Cc1c[nH]c2ccccc12)C(=O)NC(CO)C(=O)O. The highest BCUT2D eigenvalue weighted by Crippen LogP contribution is 2.19. The molecule has 0 saturated carbocycles. The van der Waals surface area contributed by atoms with Gasteiger partial charge in [0.05, 0.1) is 19.1 Å². The van der Waals surface area contributed by atoms with Crippen molar-refractivity contribution in [1.29, 1.82) is 0 Å². The van der Waals surface area contributed by atoms with Crippen molar-refractivity contribution in [2.24, 2.45) is 11.5 Å². The van der Waals surface area contributed by atoms with Gasteiger partial charge in [0.25, 0.3) is 0 Å².